The van der Waals surface area contributed by atoms with E-state index < -0.39 is 6.09 Å². The maximum absolute atomic E-state index is 11.7. The zero-order valence-corrected chi connectivity index (χ0v) is 20.4. The van der Waals surface area contributed by atoms with E-state index in [-0.39, 0.29) is 5.54 Å². The average Bonchev–Trinajstić information content (AvgIpc) is 3.06. The first-order chi connectivity index (χ1) is 15.2. The number of amides is 1. The van der Waals surface area contributed by atoms with E-state index in [2.05, 4.69) is 17.4 Å². The van der Waals surface area contributed by atoms with Gasteiger partial charge in [0.15, 0.2) is 5.13 Å². The summed E-state index contributed by atoms with van der Waals surface area (Å²) < 4.78 is 5.41. The molecule has 0 aliphatic heterocycles. The number of ether oxygens (including phenoxy) is 1. The summed E-state index contributed by atoms with van der Waals surface area (Å²) in [6.45, 7) is 6.52. The average molecular weight is 458 g/mol. The topological polar surface area (TPSA) is 74.7 Å². The number of anilines is 1. The van der Waals surface area contributed by atoms with Crippen molar-refractivity contribution in [3.05, 3.63) is 28.6 Å². The van der Waals surface area contributed by atoms with Crippen molar-refractivity contribution in [2.24, 2.45) is 5.92 Å². The molecule has 1 saturated carbocycles. The molecule has 0 spiro atoms. The Bertz CT molecular complexity index is 958. The Balaban J connectivity index is 1.39. The lowest BCUT2D eigenvalue weighted by Crippen LogP contribution is -2.48. The Hall–Kier alpha value is -2.28. The Morgan fingerprint density at radius 3 is 2.66 bits per heavy atom. The minimum absolute atomic E-state index is 0.361. The quantitative estimate of drug-likeness (QED) is 0.571. The van der Waals surface area contributed by atoms with Gasteiger partial charge in [-0.15, -0.1) is 11.3 Å². The summed E-state index contributed by atoms with van der Waals surface area (Å²) >= 11 is 1.80. The summed E-state index contributed by atoms with van der Waals surface area (Å²) in [5, 5.41) is 14.3. The zero-order valence-electron chi connectivity index (χ0n) is 19.6. The lowest BCUT2D eigenvalue weighted by molar-refractivity contribution is 0.0826. The van der Waals surface area contributed by atoms with E-state index in [0.717, 1.165) is 61.5 Å². The van der Waals surface area contributed by atoms with Gasteiger partial charge in [0.05, 0.1) is 12.8 Å². The van der Waals surface area contributed by atoms with Gasteiger partial charge in [-0.3, -0.25) is 0 Å². The first-order valence-electron chi connectivity index (χ1n) is 11.7. The SMILES string of the molecule is COc1ccc2c(c1)CCCc1sc(N[C@H]3CC[C@H](CN(C(=O)O)C(C)(C)C)CC3)nc1-2. The van der Waals surface area contributed by atoms with Gasteiger partial charge in [0, 0.05) is 28.6 Å². The minimum atomic E-state index is -0.820. The third-order valence-electron chi connectivity index (χ3n) is 6.77. The van der Waals surface area contributed by atoms with Crippen molar-refractivity contribution in [1.82, 2.24) is 9.88 Å². The number of methoxy groups -OCH3 is 1. The Labute approximate surface area is 195 Å². The van der Waals surface area contributed by atoms with Crippen molar-refractivity contribution in [1.29, 1.82) is 0 Å². The molecule has 1 aromatic heterocycles. The van der Waals surface area contributed by atoms with Crippen molar-refractivity contribution < 1.29 is 14.6 Å². The van der Waals surface area contributed by atoms with E-state index in [1.807, 2.05) is 26.8 Å². The molecule has 2 aromatic rings. The van der Waals surface area contributed by atoms with Gasteiger partial charge in [-0.25, -0.2) is 9.78 Å². The van der Waals surface area contributed by atoms with Crippen LogP contribution in [0.5, 0.6) is 5.75 Å². The molecule has 1 fully saturated rings. The van der Waals surface area contributed by atoms with Crippen molar-refractivity contribution >= 4 is 22.6 Å². The zero-order chi connectivity index (χ0) is 22.9. The molecule has 174 valence electrons. The molecular formula is C25H35N3O3S. The summed E-state index contributed by atoms with van der Waals surface area (Å²) in [7, 11) is 1.71. The highest BCUT2D eigenvalue weighted by Crippen LogP contribution is 2.39. The van der Waals surface area contributed by atoms with E-state index in [4.69, 9.17) is 9.72 Å². The smallest absolute Gasteiger partial charge is 0.407 e. The molecule has 0 bridgehead atoms. The second-order valence-electron chi connectivity index (χ2n) is 10.1. The predicted molar refractivity (Wildman–Crippen MR) is 130 cm³/mol. The lowest BCUT2D eigenvalue weighted by atomic mass is 9.85. The number of rotatable bonds is 5. The molecule has 1 heterocycles. The van der Waals surface area contributed by atoms with E-state index in [1.165, 1.54) is 16.0 Å². The summed E-state index contributed by atoms with van der Waals surface area (Å²) in [4.78, 5) is 19.6. The fourth-order valence-electron chi connectivity index (χ4n) is 4.93. The molecule has 7 heteroatoms. The van der Waals surface area contributed by atoms with E-state index in [1.54, 1.807) is 23.3 Å². The van der Waals surface area contributed by atoms with Gasteiger partial charge < -0.3 is 20.1 Å². The van der Waals surface area contributed by atoms with E-state index in [0.29, 0.717) is 18.5 Å². The number of nitrogens with one attached hydrogen (secondary N) is 1. The van der Waals surface area contributed by atoms with Gasteiger partial charge >= 0.3 is 6.09 Å². The molecule has 2 N–H and O–H groups in total. The highest BCUT2D eigenvalue weighted by Gasteiger charge is 2.31. The third kappa shape index (κ3) is 5.03. The van der Waals surface area contributed by atoms with Crippen LogP contribution in [-0.2, 0) is 12.8 Å². The van der Waals surface area contributed by atoms with Gasteiger partial charge in [-0.2, -0.15) is 0 Å². The second kappa shape index (κ2) is 9.30. The van der Waals surface area contributed by atoms with E-state index >= 15 is 0 Å². The molecular weight excluding hydrogens is 422 g/mol. The van der Waals surface area contributed by atoms with Crippen molar-refractivity contribution in [2.45, 2.75) is 77.3 Å². The highest BCUT2D eigenvalue weighted by atomic mass is 32.1. The molecule has 1 aromatic carbocycles. The number of aromatic nitrogens is 1. The van der Waals surface area contributed by atoms with Crippen LogP contribution in [-0.4, -0.2) is 46.3 Å². The third-order valence-corrected chi connectivity index (χ3v) is 7.82. The van der Waals surface area contributed by atoms with Crippen LogP contribution >= 0.6 is 11.3 Å². The molecule has 32 heavy (non-hydrogen) atoms. The van der Waals surface area contributed by atoms with Crippen molar-refractivity contribution in [3.63, 3.8) is 0 Å². The van der Waals surface area contributed by atoms with Crippen LogP contribution in [0.4, 0.5) is 9.93 Å². The molecule has 0 saturated heterocycles. The van der Waals surface area contributed by atoms with Crippen molar-refractivity contribution in [2.75, 3.05) is 19.0 Å². The molecule has 6 nitrogen and oxygen atoms in total. The first-order valence-corrected chi connectivity index (χ1v) is 12.5. The monoisotopic (exact) mass is 457 g/mol. The summed E-state index contributed by atoms with van der Waals surface area (Å²) in [6, 6.07) is 6.73. The number of nitrogens with zero attached hydrogens (tertiary/aromatic N) is 2. The molecule has 0 atom stereocenters. The maximum Gasteiger partial charge on any atom is 0.407 e. The summed E-state index contributed by atoms with van der Waals surface area (Å²) in [5.41, 5.74) is 3.33. The molecule has 0 radical (unpaired) electrons. The molecule has 0 unspecified atom stereocenters. The fourth-order valence-corrected chi connectivity index (χ4v) is 6.02. The number of aryl methyl sites for hydroxylation is 2. The van der Waals surface area contributed by atoms with Crippen LogP contribution in [0.25, 0.3) is 11.3 Å². The van der Waals surface area contributed by atoms with Gasteiger partial charge in [-0.05, 0) is 95.4 Å². The van der Waals surface area contributed by atoms with Crippen molar-refractivity contribution in [3.8, 4) is 17.0 Å². The summed E-state index contributed by atoms with van der Waals surface area (Å²) in [5.74, 6) is 1.34. The van der Waals surface area contributed by atoms with Gasteiger partial charge in [0.25, 0.3) is 0 Å². The Morgan fingerprint density at radius 1 is 1.25 bits per heavy atom. The molecule has 4 rings (SSSR count). The number of hydrogen-bond acceptors (Lipinski definition) is 5. The number of carbonyl (C=O) groups is 1. The molecule has 2 aliphatic rings. The number of thiazole rings is 1. The Morgan fingerprint density at radius 2 is 2.00 bits per heavy atom. The standard InChI is InChI=1S/C25H35N3O3S/c1-25(2,3)28(24(29)30)15-16-8-10-18(11-9-16)26-23-27-22-20-13-12-19(31-4)14-17(20)6-5-7-21(22)32-23/h12-14,16,18H,5-11,15H2,1-4H3,(H,26,27)(H,29,30)/t16-,18-. The van der Waals surface area contributed by atoms with E-state index in [9.17, 15) is 9.90 Å². The van der Waals surface area contributed by atoms with Gasteiger partial charge in [0.1, 0.15) is 5.75 Å². The number of fused-ring (bicyclic) bond motifs is 3. The number of carboxylic acid groups (broad SMARTS) is 1. The van der Waals surface area contributed by atoms with Crippen LogP contribution in [0, 0.1) is 5.92 Å². The minimum Gasteiger partial charge on any atom is -0.497 e. The lowest BCUT2D eigenvalue weighted by Gasteiger charge is -2.38. The number of hydrogen-bond donors (Lipinski definition) is 2. The maximum atomic E-state index is 11.7. The Kier molecular flexibility index (Phi) is 6.65. The molecule has 1 amide bonds. The first kappa shape index (κ1) is 22.9. The van der Waals surface area contributed by atoms with Crippen LogP contribution in [0.1, 0.15) is 63.3 Å². The largest absolute Gasteiger partial charge is 0.497 e. The van der Waals surface area contributed by atoms with Gasteiger partial charge in [0.2, 0.25) is 0 Å². The highest BCUT2D eigenvalue weighted by molar-refractivity contribution is 7.16. The van der Waals surface area contributed by atoms with Crippen LogP contribution in [0.3, 0.4) is 0 Å². The van der Waals surface area contributed by atoms with Crippen LogP contribution in [0.2, 0.25) is 0 Å². The second-order valence-corrected chi connectivity index (χ2v) is 11.2. The van der Waals surface area contributed by atoms with Crippen LogP contribution < -0.4 is 10.1 Å². The fraction of sp³-hybridized carbons (Fsp3) is 0.600. The predicted octanol–water partition coefficient (Wildman–Crippen LogP) is 6.06. The summed E-state index contributed by atoms with van der Waals surface area (Å²) in [6.07, 6.45) is 6.64. The van der Waals surface area contributed by atoms with Gasteiger partial charge in [-0.1, -0.05) is 0 Å². The number of benzene rings is 1. The molecule has 2 aliphatic carbocycles. The van der Waals surface area contributed by atoms with Crippen LogP contribution in [0.15, 0.2) is 18.2 Å². The normalized spacial score (nSPS) is 20.6.